The van der Waals surface area contributed by atoms with Crippen molar-refractivity contribution in [2.75, 3.05) is 34.3 Å². The monoisotopic (exact) mass is 1000 g/mol. The van der Waals surface area contributed by atoms with E-state index in [1.807, 2.05) is 27.7 Å². The molecule has 8 N–H and O–H groups in total. The Labute approximate surface area is 418 Å². The Bertz CT molecular complexity index is 2030. The van der Waals surface area contributed by atoms with Gasteiger partial charge < -0.3 is 47.1 Å². The number of Topliss-reactive ketones (excluding diaryl/α,β-unsaturated/α-hetero) is 2. The lowest BCUT2D eigenvalue weighted by molar-refractivity contribution is -0.147. The van der Waals surface area contributed by atoms with Crippen molar-refractivity contribution in [3.05, 3.63) is 35.4 Å². The van der Waals surface area contributed by atoms with Crippen molar-refractivity contribution in [1.82, 2.24) is 36.0 Å². The van der Waals surface area contributed by atoms with E-state index in [4.69, 9.17) is 20.9 Å². The number of likely N-dealkylation sites (N-methyl/N-ethyl adjacent to an activating group) is 2. The second-order valence-electron chi connectivity index (χ2n) is 19.7. The number of hydrogen-bond donors (Lipinski definition) is 6. The average molecular weight is 1000 g/mol. The number of benzene rings is 1. The standard InChI is InChI=1S/C50H81N9O12/c1-14-30(8)43(38(70-13)23-32(10)60)57(11)48(67)41(28(4)5)56-46(65)42(29(6)7)58(12)50(69)71-26-34-19-17-33(18-20-34)24-37(61)35(16-15-21-53-49(52)68)54-45(64)40(27(2)3)55-44(63)36(25-51)59-39(62)22-31(9)47(59)66/h17-20,27-31,35-36,38,40-43H,14-16,21-26,51H2,1-13H3,(H,54,64)(H,55,63)(H,56,65)(H3,52,53,68)/t30-,31?,35-,36?,38+,40-,41+,42-,43?/m0/s1. The van der Waals surface area contributed by atoms with Gasteiger partial charge in [-0.3, -0.25) is 48.2 Å². The van der Waals surface area contributed by atoms with Crippen LogP contribution < -0.4 is 32.7 Å². The first-order chi connectivity index (χ1) is 33.2. The lowest BCUT2D eigenvalue weighted by atomic mass is 9.89. The van der Waals surface area contributed by atoms with E-state index in [-0.39, 0.29) is 87.0 Å². The summed E-state index contributed by atoms with van der Waals surface area (Å²) in [6, 6.07) is -0.114. The van der Waals surface area contributed by atoms with Crippen LogP contribution in [0.4, 0.5) is 9.59 Å². The van der Waals surface area contributed by atoms with Crippen LogP contribution in [0, 0.1) is 29.6 Å². The third kappa shape index (κ3) is 17.7. The maximum absolute atomic E-state index is 14.1. The zero-order valence-corrected chi connectivity index (χ0v) is 44.0. The maximum Gasteiger partial charge on any atom is 0.410 e. The average Bonchev–Trinajstić information content (AvgIpc) is 3.55. The number of rotatable bonds is 29. The zero-order chi connectivity index (χ0) is 54.0. The first-order valence-electron chi connectivity index (χ1n) is 24.5. The number of amides is 9. The highest BCUT2D eigenvalue weighted by Gasteiger charge is 2.44. The van der Waals surface area contributed by atoms with E-state index in [1.165, 1.54) is 26.0 Å². The molecule has 0 radical (unpaired) electrons. The molecule has 0 saturated carbocycles. The summed E-state index contributed by atoms with van der Waals surface area (Å²) in [4.78, 5) is 135. The Kier molecular flexibility index (Phi) is 24.8. The van der Waals surface area contributed by atoms with E-state index in [0.717, 1.165) is 4.90 Å². The van der Waals surface area contributed by atoms with Gasteiger partial charge in [-0.2, -0.15) is 0 Å². The number of ether oxygens (including phenoxy) is 2. The van der Waals surface area contributed by atoms with Crippen molar-refractivity contribution in [1.29, 1.82) is 0 Å². The molecule has 71 heavy (non-hydrogen) atoms. The summed E-state index contributed by atoms with van der Waals surface area (Å²) in [5.74, 6) is -5.78. The molecule has 0 spiro atoms. The van der Waals surface area contributed by atoms with Crippen molar-refractivity contribution in [3.63, 3.8) is 0 Å². The van der Waals surface area contributed by atoms with E-state index in [1.54, 1.807) is 70.8 Å². The summed E-state index contributed by atoms with van der Waals surface area (Å²) in [5.41, 5.74) is 12.2. The van der Waals surface area contributed by atoms with Crippen LogP contribution >= 0.6 is 0 Å². The van der Waals surface area contributed by atoms with Crippen LogP contribution in [0.3, 0.4) is 0 Å². The van der Waals surface area contributed by atoms with Gasteiger partial charge in [-0.25, -0.2) is 9.59 Å². The van der Waals surface area contributed by atoms with Crippen molar-refractivity contribution < 1.29 is 57.4 Å². The molecular weight excluding hydrogens is 919 g/mol. The van der Waals surface area contributed by atoms with E-state index >= 15 is 0 Å². The highest BCUT2D eigenvalue weighted by Crippen LogP contribution is 2.25. The molecular formula is C50H81N9O12. The molecule has 1 saturated heterocycles. The number of imide groups is 1. The van der Waals surface area contributed by atoms with Crippen molar-refractivity contribution in [3.8, 4) is 0 Å². The first kappa shape index (κ1) is 61.2. The Morgan fingerprint density at radius 1 is 0.817 bits per heavy atom. The fraction of sp³-hybridized carbons (Fsp3) is 0.680. The molecule has 1 heterocycles. The molecule has 21 nitrogen and oxygen atoms in total. The van der Waals surface area contributed by atoms with Crippen molar-refractivity contribution >= 4 is 59.1 Å². The molecule has 1 aromatic carbocycles. The van der Waals surface area contributed by atoms with Crippen LogP contribution in [0.25, 0.3) is 0 Å². The van der Waals surface area contributed by atoms with Crippen LogP contribution in [-0.2, 0) is 60.9 Å². The van der Waals surface area contributed by atoms with Crippen molar-refractivity contribution in [2.24, 2.45) is 41.1 Å². The number of ketones is 2. The highest BCUT2D eigenvalue weighted by molar-refractivity contribution is 6.07. The molecule has 0 aliphatic carbocycles. The Morgan fingerprint density at radius 3 is 1.87 bits per heavy atom. The van der Waals surface area contributed by atoms with E-state index in [9.17, 15) is 47.9 Å². The Balaban J connectivity index is 2.19. The molecule has 9 amide bonds. The summed E-state index contributed by atoms with van der Waals surface area (Å²) in [6.07, 6.45) is -0.351. The largest absolute Gasteiger partial charge is 0.445 e. The van der Waals surface area contributed by atoms with Crippen LogP contribution in [0.1, 0.15) is 112 Å². The number of likely N-dealkylation sites (tertiary alicyclic amines) is 1. The molecule has 1 aliphatic heterocycles. The van der Waals surface area contributed by atoms with Gasteiger partial charge in [-0.15, -0.1) is 0 Å². The van der Waals surface area contributed by atoms with E-state index in [0.29, 0.717) is 17.5 Å². The van der Waals surface area contributed by atoms with E-state index in [2.05, 4.69) is 21.3 Å². The summed E-state index contributed by atoms with van der Waals surface area (Å²) in [5, 5.41) is 10.7. The summed E-state index contributed by atoms with van der Waals surface area (Å²) < 4.78 is 11.3. The van der Waals surface area contributed by atoms with Crippen molar-refractivity contribution in [2.45, 2.75) is 157 Å². The number of nitrogens with zero attached hydrogens (tertiary/aromatic N) is 3. The number of methoxy groups -OCH3 is 1. The normalized spacial score (nSPS) is 17.1. The number of hydrogen-bond acceptors (Lipinski definition) is 13. The minimum Gasteiger partial charge on any atom is -0.445 e. The van der Waals surface area contributed by atoms with Crippen LogP contribution in [0.5, 0.6) is 0 Å². The zero-order valence-electron chi connectivity index (χ0n) is 44.0. The van der Waals surface area contributed by atoms with Crippen LogP contribution in [-0.4, -0.2) is 150 Å². The third-order valence-corrected chi connectivity index (χ3v) is 13.0. The minimum atomic E-state index is -1.33. The number of carbonyl (C=O) groups is 10. The van der Waals surface area contributed by atoms with Gasteiger partial charge in [0.15, 0.2) is 5.78 Å². The SMILES string of the molecule is CC[C@H](C)C([C@@H](CC(C)=O)OC)N(C)C(=O)[C@H](NC(=O)[C@H](C(C)C)N(C)C(=O)OCc1ccc(CC(=O)[C@H](CCCNC(N)=O)NC(=O)[C@@H](NC(=O)C(CN)N2C(=O)CC(C)C2=O)C(C)C)cc1)C(C)C. The van der Waals surface area contributed by atoms with Gasteiger partial charge in [-0.1, -0.05) is 93.0 Å². The fourth-order valence-electron chi connectivity index (χ4n) is 8.69. The molecule has 398 valence electrons. The molecule has 9 atom stereocenters. The van der Waals surface area contributed by atoms with Gasteiger partial charge in [0.05, 0.1) is 18.2 Å². The predicted molar refractivity (Wildman–Crippen MR) is 265 cm³/mol. The second-order valence-corrected chi connectivity index (χ2v) is 19.7. The molecule has 2 rings (SSSR count). The highest BCUT2D eigenvalue weighted by atomic mass is 16.6. The topological polar surface area (TPSA) is 299 Å². The summed E-state index contributed by atoms with van der Waals surface area (Å²) in [7, 11) is 4.59. The van der Waals surface area contributed by atoms with Crippen LogP contribution in [0.2, 0.25) is 0 Å². The number of nitrogens with one attached hydrogen (secondary N) is 4. The number of urea groups is 1. The molecule has 0 aromatic heterocycles. The second kappa shape index (κ2) is 28.8. The van der Waals surface area contributed by atoms with Gasteiger partial charge in [0.2, 0.25) is 35.4 Å². The molecule has 21 heteroatoms. The fourth-order valence-corrected chi connectivity index (χ4v) is 8.69. The minimum absolute atomic E-state index is 0.0279. The van der Waals surface area contributed by atoms with E-state index < -0.39 is 95.9 Å². The van der Waals surface area contributed by atoms with Gasteiger partial charge >= 0.3 is 12.1 Å². The third-order valence-electron chi connectivity index (χ3n) is 13.0. The molecule has 1 fully saturated rings. The van der Waals surface area contributed by atoms with Crippen LogP contribution in [0.15, 0.2) is 24.3 Å². The molecule has 1 aliphatic rings. The van der Waals surface area contributed by atoms with Gasteiger partial charge in [0.25, 0.3) is 0 Å². The molecule has 3 unspecified atom stereocenters. The number of primary amides is 1. The predicted octanol–water partition coefficient (Wildman–Crippen LogP) is 2.20. The lowest BCUT2D eigenvalue weighted by Gasteiger charge is -2.40. The van der Waals surface area contributed by atoms with Gasteiger partial charge in [-0.05, 0) is 54.6 Å². The summed E-state index contributed by atoms with van der Waals surface area (Å²) in [6.45, 7) is 17.1. The lowest BCUT2D eigenvalue weighted by Crippen LogP contribution is -2.60. The molecule has 1 aromatic rings. The Morgan fingerprint density at radius 2 is 1.39 bits per heavy atom. The van der Waals surface area contributed by atoms with Gasteiger partial charge in [0, 0.05) is 59.5 Å². The maximum atomic E-state index is 14.1. The quantitative estimate of drug-likeness (QED) is 0.0496. The summed E-state index contributed by atoms with van der Waals surface area (Å²) >= 11 is 0. The first-order valence-corrected chi connectivity index (χ1v) is 24.5. The number of nitrogens with two attached hydrogens (primary N) is 2. The Hall–Kier alpha value is -5.96. The smallest absolute Gasteiger partial charge is 0.410 e. The number of carbonyl (C=O) groups excluding carboxylic acids is 10. The molecule has 0 bridgehead atoms. The van der Waals surface area contributed by atoms with Gasteiger partial charge in [0.1, 0.15) is 36.6 Å².